The van der Waals surface area contributed by atoms with Crippen LogP contribution in [0.5, 0.6) is 0 Å². The van der Waals surface area contributed by atoms with Gasteiger partial charge in [-0.1, -0.05) is 29.8 Å². The highest BCUT2D eigenvalue weighted by atomic mass is 35.5. The molecule has 1 unspecified atom stereocenters. The summed E-state index contributed by atoms with van der Waals surface area (Å²) < 4.78 is 0. The van der Waals surface area contributed by atoms with Gasteiger partial charge in [0.25, 0.3) is 0 Å². The number of halogens is 1. The summed E-state index contributed by atoms with van der Waals surface area (Å²) in [7, 11) is 0. The molecule has 1 fully saturated rings. The number of rotatable bonds is 5. The third kappa shape index (κ3) is 4.72. The molecular formula is C19H19ClN4O. The van der Waals surface area contributed by atoms with Crippen LogP contribution in [0.3, 0.4) is 0 Å². The van der Waals surface area contributed by atoms with E-state index < -0.39 is 0 Å². The van der Waals surface area contributed by atoms with E-state index in [9.17, 15) is 4.79 Å². The zero-order chi connectivity index (χ0) is 17.6. The zero-order valence-electron chi connectivity index (χ0n) is 13.7. The topological polar surface area (TPSA) is 68.2 Å². The number of amides is 1. The molecule has 25 heavy (non-hydrogen) atoms. The smallest absolute Gasteiger partial charge is 0.238 e. The van der Waals surface area contributed by atoms with Crippen molar-refractivity contribution in [1.29, 1.82) is 5.26 Å². The van der Waals surface area contributed by atoms with Gasteiger partial charge in [-0.15, -0.1) is 0 Å². The van der Waals surface area contributed by atoms with Gasteiger partial charge in [0.2, 0.25) is 5.91 Å². The molecule has 1 amide bonds. The summed E-state index contributed by atoms with van der Waals surface area (Å²) in [5, 5.41) is 15.5. The van der Waals surface area contributed by atoms with Gasteiger partial charge in [-0.25, -0.2) is 0 Å². The largest absolute Gasteiger partial charge is 0.381 e. The number of carbonyl (C=O) groups excluding carboxylic acids is 1. The molecule has 1 atom stereocenters. The number of nitriles is 1. The summed E-state index contributed by atoms with van der Waals surface area (Å²) in [5.41, 5.74) is 2.10. The van der Waals surface area contributed by atoms with E-state index in [0.717, 1.165) is 25.2 Å². The lowest BCUT2D eigenvalue weighted by atomic mass is 10.2. The highest BCUT2D eigenvalue weighted by Gasteiger charge is 2.23. The first-order valence-electron chi connectivity index (χ1n) is 8.17. The van der Waals surface area contributed by atoms with Crippen LogP contribution < -0.4 is 10.6 Å². The van der Waals surface area contributed by atoms with Crippen molar-refractivity contribution in [2.75, 3.05) is 30.3 Å². The van der Waals surface area contributed by atoms with Gasteiger partial charge in [0.1, 0.15) is 6.07 Å². The maximum Gasteiger partial charge on any atom is 0.238 e. The van der Waals surface area contributed by atoms with Crippen LogP contribution in [0, 0.1) is 11.3 Å². The van der Waals surface area contributed by atoms with Crippen LogP contribution in [0.25, 0.3) is 0 Å². The number of benzene rings is 2. The Morgan fingerprint density at radius 1 is 1.24 bits per heavy atom. The second-order valence-corrected chi connectivity index (χ2v) is 6.49. The summed E-state index contributed by atoms with van der Waals surface area (Å²) in [6.07, 6.45) is 1.00. The summed E-state index contributed by atoms with van der Waals surface area (Å²) >= 11 is 5.99. The number of hydrogen-bond acceptors (Lipinski definition) is 4. The van der Waals surface area contributed by atoms with Crippen LogP contribution in [0.15, 0.2) is 48.5 Å². The predicted molar refractivity (Wildman–Crippen MR) is 99.7 cm³/mol. The highest BCUT2D eigenvalue weighted by molar-refractivity contribution is 6.32. The summed E-state index contributed by atoms with van der Waals surface area (Å²) in [4.78, 5) is 14.3. The molecule has 0 aliphatic carbocycles. The normalized spacial score (nSPS) is 17.0. The SMILES string of the molecule is N#Cc1ccc(NC(=O)CN2CCC(Nc3ccccc3)C2)cc1Cl. The van der Waals surface area contributed by atoms with Crippen molar-refractivity contribution in [3.63, 3.8) is 0 Å². The molecule has 2 N–H and O–H groups in total. The minimum Gasteiger partial charge on any atom is -0.381 e. The number of anilines is 2. The lowest BCUT2D eigenvalue weighted by Gasteiger charge is -2.17. The van der Waals surface area contributed by atoms with Gasteiger partial charge in [-0.05, 0) is 36.8 Å². The molecule has 0 spiro atoms. The van der Waals surface area contributed by atoms with Crippen LogP contribution in [-0.2, 0) is 4.79 Å². The van der Waals surface area contributed by atoms with Gasteiger partial charge in [0.05, 0.1) is 17.1 Å². The number of para-hydroxylation sites is 1. The van der Waals surface area contributed by atoms with E-state index in [1.165, 1.54) is 0 Å². The monoisotopic (exact) mass is 354 g/mol. The van der Waals surface area contributed by atoms with E-state index in [4.69, 9.17) is 16.9 Å². The van der Waals surface area contributed by atoms with Crippen molar-refractivity contribution >= 4 is 28.9 Å². The molecule has 0 bridgehead atoms. The molecule has 6 heteroatoms. The molecular weight excluding hydrogens is 336 g/mol. The number of hydrogen-bond donors (Lipinski definition) is 2. The van der Waals surface area contributed by atoms with E-state index in [-0.39, 0.29) is 5.91 Å². The Bertz CT molecular complexity index is 788. The van der Waals surface area contributed by atoms with Gasteiger partial charge in [0.15, 0.2) is 0 Å². The van der Waals surface area contributed by atoms with Gasteiger partial charge in [0, 0.05) is 30.5 Å². The Hall–Kier alpha value is -2.55. The van der Waals surface area contributed by atoms with Gasteiger partial charge >= 0.3 is 0 Å². The van der Waals surface area contributed by atoms with Crippen LogP contribution in [-0.4, -0.2) is 36.5 Å². The van der Waals surface area contributed by atoms with Crippen molar-refractivity contribution in [3.8, 4) is 6.07 Å². The molecule has 0 radical (unpaired) electrons. The molecule has 5 nitrogen and oxygen atoms in total. The van der Waals surface area contributed by atoms with Crippen molar-refractivity contribution in [2.24, 2.45) is 0 Å². The molecule has 2 aromatic rings. The Morgan fingerprint density at radius 2 is 2.04 bits per heavy atom. The van der Waals surface area contributed by atoms with Gasteiger partial charge < -0.3 is 10.6 Å². The number of nitrogens with one attached hydrogen (secondary N) is 2. The molecule has 2 aromatic carbocycles. The fraction of sp³-hybridized carbons (Fsp3) is 0.263. The molecule has 1 aliphatic rings. The third-order valence-corrected chi connectivity index (χ3v) is 4.47. The van der Waals surface area contributed by atoms with E-state index in [0.29, 0.717) is 28.9 Å². The fourth-order valence-corrected chi connectivity index (χ4v) is 3.17. The van der Waals surface area contributed by atoms with Crippen LogP contribution in [0.1, 0.15) is 12.0 Å². The molecule has 0 saturated carbocycles. The second kappa shape index (κ2) is 8.02. The average Bonchev–Trinajstić information content (AvgIpc) is 3.02. The van der Waals surface area contributed by atoms with Crippen molar-refractivity contribution in [2.45, 2.75) is 12.5 Å². The van der Waals surface area contributed by atoms with Crippen molar-refractivity contribution < 1.29 is 4.79 Å². The number of likely N-dealkylation sites (tertiary alicyclic amines) is 1. The highest BCUT2D eigenvalue weighted by Crippen LogP contribution is 2.20. The third-order valence-electron chi connectivity index (χ3n) is 4.16. The zero-order valence-corrected chi connectivity index (χ0v) is 14.5. The first-order chi connectivity index (χ1) is 12.1. The Labute approximate surface area is 152 Å². The second-order valence-electron chi connectivity index (χ2n) is 6.09. The van der Waals surface area contributed by atoms with Crippen molar-refractivity contribution in [3.05, 3.63) is 59.1 Å². The molecule has 1 saturated heterocycles. The van der Waals surface area contributed by atoms with Crippen LogP contribution in [0.4, 0.5) is 11.4 Å². The first kappa shape index (κ1) is 17.3. The Balaban J connectivity index is 1.49. The number of nitrogens with zero attached hydrogens (tertiary/aromatic N) is 2. The van der Waals surface area contributed by atoms with E-state index >= 15 is 0 Å². The Morgan fingerprint density at radius 3 is 2.76 bits per heavy atom. The maximum absolute atomic E-state index is 12.2. The number of carbonyl (C=O) groups is 1. The predicted octanol–water partition coefficient (Wildman–Crippen LogP) is 3.34. The fourth-order valence-electron chi connectivity index (χ4n) is 2.95. The average molecular weight is 355 g/mol. The van der Waals surface area contributed by atoms with E-state index in [2.05, 4.69) is 15.5 Å². The molecule has 1 heterocycles. The minimum absolute atomic E-state index is 0.0823. The van der Waals surface area contributed by atoms with Crippen molar-refractivity contribution in [1.82, 2.24) is 4.90 Å². The molecule has 1 aliphatic heterocycles. The summed E-state index contributed by atoms with van der Waals surface area (Å²) in [6.45, 7) is 2.05. The molecule has 3 rings (SSSR count). The molecule has 0 aromatic heterocycles. The first-order valence-corrected chi connectivity index (χ1v) is 8.55. The lowest BCUT2D eigenvalue weighted by Crippen LogP contribution is -2.33. The summed E-state index contributed by atoms with van der Waals surface area (Å²) in [6, 6.07) is 17.3. The molecule has 128 valence electrons. The van der Waals surface area contributed by atoms with Crippen LogP contribution in [0.2, 0.25) is 5.02 Å². The lowest BCUT2D eigenvalue weighted by molar-refractivity contribution is -0.117. The minimum atomic E-state index is -0.0823. The quantitative estimate of drug-likeness (QED) is 0.864. The van der Waals surface area contributed by atoms with Gasteiger partial charge in [-0.3, -0.25) is 9.69 Å². The van der Waals surface area contributed by atoms with Gasteiger partial charge in [-0.2, -0.15) is 5.26 Å². The Kier molecular flexibility index (Phi) is 5.54. The maximum atomic E-state index is 12.2. The van der Waals surface area contributed by atoms with E-state index in [1.807, 2.05) is 36.4 Å². The standard InChI is InChI=1S/C19H19ClN4O/c20-18-10-16(7-6-14(18)11-21)23-19(25)13-24-9-8-17(12-24)22-15-4-2-1-3-5-15/h1-7,10,17,22H,8-9,12-13H2,(H,23,25). The van der Waals surface area contributed by atoms with E-state index in [1.54, 1.807) is 18.2 Å². The summed E-state index contributed by atoms with van der Waals surface area (Å²) in [5.74, 6) is -0.0823. The van der Waals surface area contributed by atoms with Crippen LogP contribution >= 0.6 is 11.6 Å².